The summed E-state index contributed by atoms with van der Waals surface area (Å²) < 4.78 is 16.4. The summed E-state index contributed by atoms with van der Waals surface area (Å²) in [4.78, 5) is 12.0. The second kappa shape index (κ2) is 5.91. The van der Waals surface area contributed by atoms with E-state index in [0.29, 0.717) is 25.5 Å². The van der Waals surface area contributed by atoms with Crippen molar-refractivity contribution in [3.63, 3.8) is 0 Å². The summed E-state index contributed by atoms with van der Waals surface area (Å²) in [6, 6.07) is 9.16. The van der Waals surface area contributed by atoms with Gasteiger partial charge in [0.2, 0.25) is 0 Å². The van der Waals surface area contributed by atoms with E-state index in [1.165, 1.54) is 0 Å². The lowest BCUT2D eigenvalue weighted by Gasteiger charge is -2.18. The van der Waals surface area contributed by atoms with Gasteiger partial charge in [-0.25, -0.2) is 0 Å². The molecule has 110 valence electrons. The Morgan fingerprint density at radius 2 is 1.95 bits per heavy atom. The third-order valence-corrected chi connectivity index (χ3v) is 3.29. The molecule has 21 heavy (non-hydrogen) atoms. The Morgan fingerprint density at radius 1 is 1.14 bits per heavy atom. The number of aryl methyl sites for hydroxylation is 1. The Kier molecular flexibility index (Phi) is 3.81. The summed E-state index contributed by atoms with van der Waals surface area (Å²) in [5, 5.41) is 2.83. The third-order valence-electron chi connectivity index (χ3n) is 3.29. The molecule has 5 nitrogen and oxygen atoms in total. The van der Waals surface area contributed by atoms with Crippen LogP contribution in [0.1, 0.15) is 28.8 Å². The Hall–Kier alpha value is -2.43. The number of rotatable bonds is 4. The van der Waals surface area contributed by atoms with Crippen molar-refractivity contribution in [1.29, 1.82) is 0 Å². The number of furan rings is 1. The molecular formula is C16H17NO4. The van der Waals surface area contributed by atoms with E-state index >= 15 is 0 Å². The molecule has 0 fully saturated rings. The predicted molar refractivity (Wildman–Crippen MR) is 76.7 cm³/mol. The van der Waals surface area contributed by atoms with Crippen LogP contribution >= 0.6 is 0 Å². The van der Waals surface area contributed by atoms with Crippen LogP contribution < -0.4 is 14.8 Å². The number of benzene rings is 1. The monoisotopic (exact) mass is 287 g/mol. The zero-order chi connectivity index (χ0) is 14.7. The molecule has 5 heteroatoms. The molecule has 1 N–H and O–H groups in total. The number of carbonyl (C=O) groups is 1. The van der Waals surface area contributed by atoms with Gasteiger partial charge in [0.05, 0.1) is 0 Å². The highest BCUT2D eigenvalue weighted by Gasteiger charge is 2.13. The molecule has 1 aromatic carbocycles. The summed E-state index contributed by atoms with van der Waals surface area (Å²) in [5.41, 5.74) is 0.954. The molecule has 0 aliphatic carbocycles. The van der Waals surface area contributed by atoms with Gasteiger partial charge in [-0.05, 0) is 29.8 Å². The molecule has 0 radical (unpaired) electrons. The topological polar surface area (TPSA) is 60.7 Å². The Morgan fingerprint density at radius 3 is 2.71 bits per heavy atom. The third kappa shape index (κ3) is 3.02. The Labute approximate surface area is 122 Å². The second-order valence-corrected chi connectivity index (χ2v) is 4.78. The van der Waals surface area contributed by atoms with Crippen LogP contribution in [0.2, 0.25) is 0 Å². The number of fused-ring (bicyclic) bond motifs is 1. The minimum atomic E-state index is -0.218. The Balaban J connectivity index is 1.63. The highest BCUT2D eigenvalue weighted by molar-refractivity contribution is 5.91. The van der Waals surface area contributed by atoms with Gasteiger partial charge >= 0.3 is 0 Å². The molecule has 1 amide bonds. The number of amides is 1. The lowest BCUT2D eigenvalue weighted by molar-refractivity contribution is 0.0921. The molecule has 0 saturated heterocycles. The zero-order valence-corrected chi connectivity index (χ0v) is 11.8. The van der Waals surface area contributed by atoms with Crippen LogP contribution in [-0.4, -0.2) is 19.1 Å². The van der Waals surface area contributed by atoms with Crippen LogP contribution in [0, 0.1) is 0 Å². The average molecular weight is 287 g/mol. The van der Waals surface area contributed by atoms with Crippen LogP contribution in [-0.2, 0) is 13.0 Å². The molecule has 1 aliphatic heterocycles. The smallest absolute Gasteiger partial charge is 0.287 e. The van der Waals surface area contributed by atoms with Crippen molar-refractivity contribution in [3.05, 3.63) is 47.4 Å². The maximum Gasteiger partial charge on any atom is 0.287 e. The molecule has 0 unspecified atom stereocenters. The fourth-order valence-corrected chi connectivity index (χ4v) is 2.16. The van der Waals surface area contributed by atoms with Crippen molar-refractivity contribution in [2.24, 2.45) is 0 Å². The number of hydrogen-bond acceptors (Lipinski definition) is 4. The highest BCUT2D eigenvalue weighted by atomic mass is 16.6. The van der Waals surface area contributed by atoms with E-state index in [9.17, 15) is 4.79 Å². The summed E-state index contributed by atoms with van der Waals surface area (Å²) in [7, 11) is 0. The number of hydrogen-bond donors (Lipinski definition) is 1. The van der Waals surface area contributed by atoms with Crippen LogP contribution in [0.3, 0.4) is 0 Å². The van der Waals surface area contributed by atoms with Crippen LogP contribution in [0.5, 0.6) is 11.5 Å². The molecule has 3 rings (SSSR count). The van der Waals surface area contributed by atoms with E-state index in [1.807, 2.05) is 31.2 Å². The van der Waals surface area contributed by atoms with Crippen molar-refractivity contribution in [3.8, 4) is 11.5 Å². The lowest BCUT2D eigenvalue weighted by Crippen LogP contribution is -2.22. The van der Waals surface area contributed by atoms with Gasteiger partial charge in [0.15, 0.2) is 17.3 Å². The van der Waals surface area contributed by atoms with Gasteiger partial charge in [0, 0.05) is 13.0 Å². The second-order valence-electron chi connectivity index (χ2n) is 4.78. The van der Waals surface area contributed by atoms with E-state index in [2.05, 4.69) is 5.32 Å². The van der Waals surface area contributed by atoms with Gasteiger partial charge in [-0.1, -0.05) is 13.0 Å². The molecular weight excluding hydrogens is 270 g/mol. The van der Waals surface area contributed by atoms with Gasteiger partial charge in [0.1, 0.15) is 19.0 Å². The Bertz CT molecular complexity index is 647. The molecule has 0 spiro atoms. The van der Waals surface area contributed by atoms with Crippen molar-refractivity contribution in [2.75, 3.05) is 13.2 Å². The summed E-state index contributed by atoms with van der Waals surface area (Å²) >= 11 is 0. The first-order valence-electron chi connectivity index (χ1n) is 7.01. The summed E-state index contributed by atoms with van der Waals surface area (Å²) in [6.45, 7) is 3.52. The summed E-state index contributed by atoms with van der Waals surface area (Å²) in [6.07, 6.45) is 0.773. The molecule has 0 saturated carbocycles. The first-order chi connectivity index (χ1) is 10.3. The van der Waals surface area contributed by atoms with Gasteiger partial charge in [-0.2, -0.15) is 0 Å². The van der Waals surface area contributed by atoms with Crippen LogP contribution in [0.15, 0.2) is 34.7 Å². The van der Waals surface area contributed by atoms with E-state index < -0.39 is 0 Å². The first-order valence-corrected chi connectivity index (χ1v) is 7.01. The van der Waals surface area contributed by atoms with Gasteiger partial charge < -0.3 is 19.2 Å². The minimum absolute atomic E-state index is 0.218. The van der Waals surface area contributed by atoms with Gasteiger partial charge in [0.25, 0.3) is 5.91 Å². The number of ether oxygens (including phenoxy) is 2. The fourth-order valence-electron chi connectivity index (χ4n) is 2.16. The summed E-state index contributed by atoms with van der Waals surface area (Å²) in [5.74, 6) is 2.39. The van der Waals surface area contributed by atoms with Crippen molar-refractivity contribution in [1.82, 2.24) is 5.32 Å². The van der Waals surface area contributed by atoms with Crippen LogP contribution in [0.4, 0.5) is 0 Å². The zero-order valence-electron chi connectivity index (χ0n) is 11.8. The molecule has 2 aromatic rings. The van der Waals surface area contributed by atoms with E-state index in [4.69, 9.17) is 13.9 Å². The average Bonchev–Trinajstić information content (AvgIpc) is 3.01. The number of nitrogens with one attached hydrogen (secondary N) is 1. The fraction of sp³-hybridized carbons (Fsp3) is 0.312. The molecule has 1 aliphatic rings. The van der Waals surface area contributed by atoms with Crippen molar-refractivity contribution >= 4 is 5.91 Å². The highest BCUT2D eigenvalue weighted by Crippen LogP contribution is 2.30. The SMILES string of the molecule is CCc1ccc(C(=O)NCc2ccc3c(c2)OCCO3)o1. The molecule has 0 bridgehead atoms. The molecule has 2 heterocycles. The molecule has 1 aromatic heterocycles. The standard InChI is InChI=1S/C16H17NO4/c1-2-12-4-6-14(21-12)16(18)17-10-11-3-5-13-15(9-11)20-8-7-19-13/h3-6,9H,2,7-8,10H2,1H3,(H,17,18). The maximum absolute atomic E-state index is 12.0. The van der Waals surface area contributed by atoms with Crippen LogP contribution in [0.25, 0.3) is 0 Å². The quantitative estimate of drug-likeness (QED) is 0.938. The van der Waals surface area contributed by atoms with Gasteiger partial charge in [-0.15, -0.1) is 0 Å². The van der Waals surface area contributed by atoms with E-state index in [0.717, 1.165) is 29.2 Å². The lowest BCUT2D eigenvalue weighted by atomic mass is 10.2. The molecule has 0 atom stereocenters. The maximum atomic E-state index is 12.0. The number of carbonyl (C=O) groups excluding carboxylic acids is 1. The van der Waals surface area contributed by atoms with Crippen molar-refractivity contribution in [2.45, 2.75) is 19.9 Å². The largest absolute Gasteiger partial charge is 0.486 e. The van der Waals surface area contributed by atoms with E-state index in [-0.39, 0.29) is 5.91 Å². The first kappa shape index (κ1) is 13.5. The van der Waals surface area contributed by atoms with Crippen molar-refractivity contribution < 1.29 is 18.7 Å². The normalized spacial score (nSPS) is 13.0. The minimum Gasteiger partial charge on any atom is -0.486 e. The van der Waals surface area contributed by atoms with E-state index in [1.54, 1.807) is 6.07 Å². The predicted octanol–water partition coefficient (Wildman–Crippen LogP) is 2.54. The van der Waals surface area contributed by atoms with Gasteiger partial charge in [-0.3, -0.25) is 4.79 Å².